The topological polar surface area (TPSA) is 52.6 Å². The molecule has 0 radical (unpaired) electrons. The van der Waals surface area contributed by atoms with Crippen molar-refractivity contribution in [2.45, 2.75) is 53.2 Å². The molecule has 1 heterocycles. The molecule has 0 atom stereocenters. The Balaban J connectivity index is 0.00000484. The van der Waals surface area contributed by atoms with Crippen molar-refractivity contribution in [3.63, 3.8) is 0 Å². The molecule has 1 rings (SSSR count). The molecule has 132 valence electrons. The molecule has 2 N–H and O–H groups in total. The number of pyridine rings is 1. The third kappa shape index (κ3) is 7.97. The summed E-state index contributed by atoms with van der Waals surface area (Å²) in [6.45, 7) is 13.6. The van der Waals surface area contributed by atoms with Crippen LogP contribution >= 0.6 is 24.0 Å². The normalized spacial score (nSPS) is 11.8. The molecule has 23 heavy (non-hydrogen) atoms. The van der Waals surface area contributed by atoms with Gasteiger partial charge in [-0.1, -0.05) is 6.07 Å². The van der Waals surface area contributed by atoms with Crippen molar-refractivity contribution in [1.29, 1.82) is 0 Å². The summed E-state index contributed by atoms with van der Waals surface area (Å²) in [5, 5.41) is 6.69. The predicted octanol–water partition coefficient (Wildman–Crippen LogP) is 2.79. The van der Waals surface area contributed by atoms with Gasteiger partial charge in [-0.2, -0.15) is 0 Å². The van der Waals surface area contributed by atoms with Crippen LogP contribution in [0.1, 0.15) is 39.0 Å². The van der Waals surface area contributed by atoms with E-state index in [0.717, 1.165) is 24.7 Å². The summed E-state index contributed by atoms with van der Waals surface area (Å²) in [5.74, 6) is 0.817. The first-order valence-electron chi connectivity index (χ1n) is 8.06. The standard InChI is InChI=1S/C17H31N5.HI/c1-13(2)22(14(3)4)11-10-20-17(18-6)21-12-16-15(5)8-7-9-19-16;/h7-9,13-14H,10-12H2,1-6H3,(H2,18,20,21);1H. The predicted molar refractivity (Wildman–Crippen MR) is 110 cm³/mol. The van der Waals surface area contributed by atoms with Crippen LogP contribution in [0.15, 0.2) is 23.3 Å². The number of halogens is 1. The molecule has 0 aliphatic rings. The van der Waals surface area contributed by atoms with Crippen LogP contribution in [-0.4, -0.2) is 48.1 Å². The van der Waals surface area contributed by atoms with Crippen molar-refractivity contribution in [2.75, 3.05) is 20.1 Å². The second kappa shape index (κ2) is 11.6. The van der Waals surface area contributed by atoms with Gasteiger partial charge >= 0.3 is 0 Å². The largest absolute Gasteiger partial charge is 0.355 e. The van der Waals surface area contributed by atoms with Gasteiger partial charge in [0, 0.05) is 38.4 Å². The van der Waals surface area contributed by atoms with Crippen LogP contribution in [0.3, 0.4) is 0 Å². The Hall–Kier alpha value is -0.890. The number of guanidine groups is 1. The average molecular weight is 433 g/mol. The molecule has 0 aliphatic carbocycles. The maximum atomic E-state index is 4.39. The summed E-state index contributed by atoms with van der Waals surface area (Å²) in [6.07, 6.45) is 1.82. The minimum atomic E-state index is 0. The zero-order valence-electron chi connectivity index (χ0n) is 15.3. The van der Waals surface area contributed by atoms with Crippen molar-refractivity contribution in [3.05, 3.63) is 29.6 Å². The molecule has 5 nitrogen and oxygen atoms in total. The number of nitrogens with one attached hydrogen (secondary N) is 2. The molecule has 1 aromatic heterocycles. The van der Waals surface area contributed by atoms with Gasteiger partial charge in [0.25, 0.3) is 0 Å². The molecule has 0 aliphatic heterocycles. The van der Waals surface area contributed by atoms with E-state index in [2.05, 4.69) is 66.2 Å². The van der Waals surface area contributed by atoms with Crippen LogP contribution in [0.5, 0.6) is 0 Å². The van der Waals surface area contributed by atoms with E-state index in [1.165, 1.54) is 5.56 Å². The molecule has 0 bridgehead atoms. The molecule has 0 saturated heterocycles. The van der Waals surface area contributed by atoms with Gasteiger partial charge in [0.1, 0.15) is 0 Å². The van der Waals surface area contributed by atoms with E-state index in [9.17, 15) is 0 Å². The number of hydrogen-bond acceptors (Lipinski definition) is 3. The second-order valence-electron chi connectivity index (χ2n) is 6.04. The summed E-state index contributed by atoms with van der Waals surface area (Å²) >= 11 is 0. The lowest BCUT2D eigenvalue weighted by atomic mass is 10.2. The highest BCUT2D eigenvalue weighted by molar-refractivity contribution is 14.0. The molecule has 6 heteroatoms. The van der Waals surface area contributed by atoms with Gasteiger partial charge in [-0.15, -0.1) is 24.0 Å². The molecule has 0 fully saturated rings. The molecule has 0 unspecified atom stereocenters. The third-order valence-electron chi connectivity index (χ3n) is 3.75. The molecule has 0 spiro atoms. The van der Waals surface area contributed by atoms with Crippen LogP contribution in [0.4, 0.5) is 0 Å². The fourth-order valence-electron chi connectivity index (χ4n) is 2.51. The van der Waals surface area contributed by atoms with E-state index in [1.54, 1.807) is 7.05 Å². The number of nitrogens with zero attached hydrogens (tertiary/aromatic N) is 3. The lowest BCUT2D eigenvalue weighted by Gasteiger charge is -2.30. The zero-order chi connectivity index (χ0) is 16.5. The lowest BCUT2D eigenvalue weighted by Crippen LogP contribution is -2.45. The first kappa shape index (κ1) is 22.1. The van der Waals surface area contributed by atoms with Gasteiger partial charge in [0.05, 0.1) is 12.2 Å². The first-order chi connectivity index (χ1) is 10.5. The van der Waals surface area contributed by atoms with E-state index in [0.29, 0.717) is 18.6 Å². The first-order valence-corrected chi connectivity index (χ1v) is 8.06. The fourth-order valence-corrected chi connectivity index (χ4v) is 2.51. The summed E-state index contributed by atoms with van der Waals surface area (Å²) in [4.78, 5) is 11.1. The Morgan fingerprint density at radius 3 is 2.39 bits per heavy atom. The van der Waals surface area contributed by atoms with Crippen LogP contribution in [-0.2, 0) is 6.54 Å². The van der Waals surface area contributed by atoms with Crippen LogP contribution in [0.2, 0.25) is 0 Å². The summed E-state index contributed by atoms with van der Waals surface area (Å²) in [6, 6.07) is 5.13. The highest BCUT2D eigenvalue weighted by atomic mass is 127. The van der Waals surface area contributed by atoms with E-state index in [1.807, 2.05) is 12.3 Å². The molecular formula is C17H32IN5. The van der Waals surface area contributed by atoms with Gasteiger partial charge in [-0.05, 0) is 46.2 Å². The minimum absolute atomic E-state index is 0. The van der Waals surface area contributed by atoms with Crippen molar-refractivity contribution in [2.24, 2.45) is 4.99 Å². The highest BCUT2D eigenvalue weighted by Crippen LogP contribution is 2.03. The van der Waals surface area contributed by atoms with Gasteiger partial charge in [-0.25, -0.2) is 0 Å². The average Bonchev–Trinajstić information content (AvgIpc) is 2.47. The Labute approximate surface area is 158 Å². The fraction of sp³-hybridized carbons (Fsp3) is 0.647. The van der Waals surface area contributed by atoms with E-state index < -0.39 is 0 Å². The van der Waals surface area contributed by atoms with Crippen molar-refractivity contribution in [3.8, 4) is 0 Å². The van der Waals surface area contributed by atoms with Crippen molar-refractivity contribution >= 4 is 29.9 Å². The van der Waals surface area contributed by atoms with Gasteiger partial charge < -0.3 is 10.6 Å². The Kier molecular flexibility index (Phi) is 11.2. The SMILES string of the molecule is CN=C(NCCN(C(C)C)C(C)C)NCc1ncccc1C.I. The molecule has 1 aromatic rings. The highest BCUT2D eigenvalue weighted by Gasteiger charge is 2.12. The smallest absolute Gasteiger partial charge is 0.191 e. The van der Waals surface area contributed by atoms with E-state index in [-0.39, 0.29) is 24.0 Å². The van der Waals surface area contributed by atoms with Crippen LogP contribution < -0.4 is 10.6 Å². The third-order valence-corrected chi connectivity index (χ3v) is 3.75. The van der Waals surface area contributed by atoms with Crippen LogP contribution in [0, 0.1) is 6.92 Å². The molecular weight excluding hydrogens is 401 g/mol. The Morgan fingerprint density at radius 1 is 1.22 bits per heavy atom. The van der Waals surface area contributed by atoms with Gasteiger partial charge in [0.2, 0.25) is 0 Å². The minimum Gasteiger partial charge on any atom is -0.355 e. The molecule has 0 saturated carbocycles. The van der Waals surface area contributed by atoms with Gasteiger partial charge in [0.15, 0.2) is 5.96 Å². The zero-order valence-corrected chi connectivity index (χ0v) is 17.6. The monoisotopic (exact) mass is 433 g/mol. The second-order valence-corrected chi connectivity index (χ2v) is 6.04. The lowest BCUT2D eigenvalue weighted by molar-refractivity contribution is 0.178. The quantitative estimate of drug-likeness (QED) is 0.395. The number of aliphatic imine (C=N–C) groups is 1. The number of aromatic nitrogens is 1. The Bertz CT molecular complexity index is 466. The van der Waals surface area contributed by atoms with E-state index >= 15 is 0 Å². The number of rotatable bonds is 7. The molecule has 0 amide bonds. The van der Waals surface area contributed by atoms with Gasteiger partial charge in [-0.3, -0.25) is 14.9 Å². The summed E-state index contributed by atoms with van der Waals surface area (Å²) in [5.41, 5.74) is 2.24. The maximum absolute atomic E-state index is 4.39. The molecule has 0 aromatic carbocycles. The number of hydrogen-bond donors (Lipinski definition) is 2. The van der Waals surface area contributed by atoms with E-state index in [4.69, 9.17) is 0 Å². The van der Waals surface area contributed by atoms with Crippen molar-refractivity contribution < 1.29 is 0 Å². The van der Waals surface area contributed by atoms with Crippen molar-refractivity contribution in [1.82, 2.24) is 20.5 Å². The Morgan fingerprint density at radius 2 is 1.87 bits per heavy atom. The summed E-state index contributed by atoms with van der Waals surface area (Å²) in [7, 11) is 1.79. The van der Waals surface area contributed by atoms with Crippen LogP contribution in [0.25, 0.3) is 0 Å². The number of aryl methyl sites for hydroxylation is 1. The summed E-state index contributed by atoms with van der Waals surface area (Å²) < 4.78 is 0. The maximum Gasteiger partial charge on any atom is 0.191 e.